The SMILES string of the molecule is C=Cc1c(O)cccc1/C=C/O. The van der Waals surface area contributed by atoms with Crippen molar-refractivity contribution in [3.63, 3.8) is 0 Å². The highest BCUT2D eigenvalue weighted by Crippen LogP contribution is 2.22. The van der Waals surface area contributed by atoms with Crippen LogP contribution in [0, 0.1) is 0 Å². The second kappa shape index (κ2) is 3.62. The lowest BCUT2D eigenvalue weighted by molar-refractivity contribution is 0.473. The van der Waals surface area contributed by atoms with Gasteiger partial charge in [-0.1, -0.05) is 24.8 Å². The Balaban J connectivity index is 3.27. The van der Waals surface area contributed by atoms with Crippen molar-refractivity contribution in [2.45, 2.75) is 0 Å². The normalized spacial score (nSPS) is 10.3. The number of rotatable bonds is 2. The van der Waals surface area contributed by atoms with Gasteiger partial charge >= 0.3 is 0 Å². The molecule has 2 nitrogen and oxygen atoms in total. The van der Waals surface area contributed by atoms with E-state index in [0.29, 0.717) is 5.56 Å². The lowest BCUT2D eigenvalue weighted by atomic mass is 10.1. The van der Waals surface area contributed by atoms with Crippen LogP contribution in [0.3, 0.4) is 0 Å². The summed E-state index contributed by atoms with van der Waals surface area (Å²) in [5, 5.41) is 17.9. The van der Waals surface area contributed by atoms with E-state index >= 15 is 0 Å². The lowest BCUT2D eigenvalue weighted by Crippen LogP contribution is -1.80. The second-order valence-electron chi connectivity index (χ2n) is 2.30. The summed E-state index contributed by atoms with van der Waals surface area (Å²) in [6.45, 7) is 3.56. The van der Waals surface area contributed by atoms with E-state index in [4.69, 9.17) is 5.11 Å². The predicted octanol–water partition coefficient (Wildman–Crippen LogP) is 2.56. The van der Waals surface area contributed by atoms with Crippen molar-refractivity contribution in [1.82, 2.24) is 0 Å². The van der Waals surface area contributed by atoms with E-state index < -0.39 is 0 Å². The van der Waals surface area contributed by atoms with Crippen molar-refractivity contribution in [3.8, 4) is 5.75 Å². The largest absolute Gasteiger partial charge is 0.516 e. The summed E-state index contributed by atoms with van der Waals surface area (Å²) in [4.78, 5) is 0. The summed E-state index contributed by atoms with van der Waals surface area (Å²) in [5.74, 6) is 0.167. The van der Waals surface area contributed by atoms with E-state index in [0.717, 1.165) is 11.8 Å². The van der Waals surface area contributed by atoms with Gasteiger partial charge in [-0.3, -0.25) is 0 Å². The Morgan fingerprint density at radius 2 is 2.08 bits per heavy atom. The first-order chi connectivity index (χ1) is 5.79. The predicted molar refractivity (Wildman–Crippen MR) is 49.9 cm³/mol. The van der Waals surface area contributed by atoms with Gasteiger partial charge in [-0.15, -0.1) is 0 Å². The van der Waals surface area contributed by atoms with Crippen molar-refractivity contribution in [1.29, 1.82) is 0 Å². The highest BCUT2D eigenvalue weighted by atomic mass is 16.3. The fraction of sp³-hybridized carbons (Fsp3) is 0. The van der Waals surface area contributed by atoms with Crippen molar-refractivity contribution < 1.29 is 10.2 Å². The number of benzene rings is 1. The molecule has 0 saturated heterocycles. The molecule has 12 heavy (non-hydrogen) atoms. The van der Waals surface area contributed by atoms with E-state index in [2.05, 4.69) is 6.58 Å². The summed E-state index contributed by atoms with van der Waals surface area (Å²) in [6, 6.07) is 5.06. The molecule has 0 aromatic heterocycles. The Morgan fingerprint density at radius 3 is 2.67 bits per heavy atom. The molecule has 0 atom stereocenters. The van der Waals surface area contributed by atoms with Gasteiger partial charge in [0.1, 0.15) is 5.75 Å². The summed E-state index contributed by atoms with van der Waals surface area (Å²) in [5.41, 5.74) is 1.37. The molecule has 0 heterocycles. The third-order valence-corrected chi connectivity index (χ3v) is 1.58. The molecule has 1 rings (SSSR count). The van der Waals surface area contributed by atoms with E-state index in [1.807, 2.05) is 0 Å². The molecule has 0 aliphatic rings. The maximum atomic E-state index is 9.33. The summed E-state index contributed by atoms with van der Waals surface area (Å²) in [7, 11) is 0. The monoisotopic (exact) mass is 162 g/mol. The van der Waals surface area contributed by atoms with E-state index in [1.54, 1.807) is 24.3 Å². The van der Waals surface area contributed by atoms with Crippen molar-refractivity contribution >= 4 is 12.2 Å². The highest BCUT2D eigenvalue weighted by molar-refractivity contribution is 5.68. The molecule has 62 valence electrons. The number of aliphatic hydroxyl groups is 1. The van der Waals surface area contributed by atoms with Crippen LogP contribution in [0.15, 0.2) is 31.0 Å². The van der Waals surface area contributed by atoms with E-state index in [-0.39, 0.29) is 5.75 Å². The van der Waals surface area contributed by atoms with Crippen LogP contribution in [0.2, 0.25) is 0 Å². The minimum Gasteiger partial charge on any atom is -0.516 e. The smallest absolute Gasteiger partial charge is 0.123 e. The van der Waals surface area contributed by atoms with Crippen LogP contribution in [0.4, 0.5) is 0 Å². The molecule has 2 heteroatoms. The molecular weight excluding hydrogens is 152 g/mol. The lowest BCUT2D eigenvalue weighted by Gasteiger charge is -2.01. The Labute approximate surface area is 71.1 Å². The molecule has 0 radical (unpaired) electrons. The minimum atomic E-state index is 0.167. The van der Waals surface area contributed by atoms with Gasteiger partial charge in [0.25, 0.3) is 0 Å². The number of phenolic OH excluding ortho intramolecular Hbond substituents is 1. The maximum absolute atomic E-state index is 9.33. The average molecular weight is 162 g/mol. The molecule has 0 aliphatic carbocycles. The quantitative estimate of drug-likeness (QED) is 0.656. The molecule has 0 saturated carbocycles. The Bertz CT molecular complexity index is 314. The maximum Gasteiger partial charge on any atom is 0.123 e. The van der Waals surface area contributed by atoms with E-state index in [1.165, 1.54) is 6.08 Å². The molecule has 0 fully saturated rings. The minimum absolute atomic E-state index is 0.167. The number of hydrogen-bond donors (Lipinski definition) is 2. The van der Waals surface area contributed by atoms with Crippen LogP contribution in [-0.4, -0.2) is 10.2 Å². The van der Waals surface area contributed by atoms with Gasteiger partial charge in [-0.2, -0.15) is 0 Å². The van der Waals surface area contributed by atoms with Crippen LogP contribution in [-0.2, 0) is 0 Å². The zero-order chi connectivity index (χ0) is 8.97. The zero-order valence-corrected chi connectivity index (χ0v) is 6.57. The summed E-state index contributed by atoms with van der Waals surface area (Å²) >= 11 is 0. The van der Waals surface area contributed by atoms with Gasteiger partial charge in [0.2, 0.25) is 0 Å². The third-order valence-electron chi connectivity index (χ3n) is 1.58. The first kappa shape index (κ1) is 8.40. The first-order valence-corrected chi connectivity index (χ1v) is 3.54. The Kier molecular flexibility index (Phi) is 2.53. The average Bonchev–Trinajstić information content (AvgIpc) is 2.05. The van der Waals surface area contributed by atoms with Crippen LogP contribution < -0.4 is 0 Å². The molecule has 0 spiro atoms. The number of hydrogen-bond acceptors (Lipinski definition) is 2. The van der Waals surface area contributed by atoms with Crippen LogP contribution in [0.1, 0.15) is 11.1 Å². The van der Waals surface area contributed by atoms with Crippen LogP contribution in [0.25, 0.3) is 12.2 Å². The highest BCUT2D eigenvalue weighted by Gasteiger charge is 1.99. The van der Waals surface area contributed by atoms with Crippen LogP contribution in [0.5, 0.6) is 5.75 Å². The Morgan fingerprint density at radius 1 is 1.33 bits per heavy atom. The number of aliphatic hydroxyl groups excluding tert-OH is 1. The molecule has 0 amide bonds. The molecule has 1 aromatic rings. The van der Waals surface area contributed by atoms with Crippen LogP contribution >= 0.6 is 0 Å². The van der Waals surface area contributed by atoms with Gasteiger partial charge in [-0.25, -0.2) is 0 Å². The molecule has 1 aromatic carbocycles. The Hall–Kier alpha value is -1.70. The molecule has 0 unspecified atom stereocenters. The van der Waals surface area contributed by atoms with Gasteiger partial charge in [0.15, 0.2) is 0 Å². The molecule has 0 aliphatic heterocycles. The standard InChI is InChI=1S/C10H10O2/c1-2-9-8(6-7-11)4-3-5-10(9)12/h2-7,11-12H,1H2/b7-6+. The van der Waals surface area contributed by atoms with Crippen molar-refractivity contribution in [2.75, 3.05) is 0 Å². The second-order valence-corrected chi connectivity index (χ2v) is 2.30. The van der Waals surface area contributed by atoms with E-state index in [9.17, 15) is 5.11 Å². The molecular formula is C10H10O2. The topological polar surface area (TPSA) is 40.5 Å². The number of phenols is 1. The molecule has 0 bridgehead atoms. The third kappa shape index (κ3) is 1.48. The number of aromatic hydroxyl groups is 1. The van der Waals surface area contributed by atoms with Crippen molar-refractivity contribution in [3.05, 3.63) is 42.2 Å². The van der Waals surface area contributed by atoms with Gasteiger partial charge in [0.05, 0.1) is 6.26 Å². The fourth-order valence-electron chi connectivity index (χ4n) is 1.02. The van der Waals surface area contributed by atoms with Crippen molar-refractivity contribution in [2.24, 2.45) is 0 Å². The van der Waals surface area contributed by atoms with Gasteiger partial charge < -0.3 is 10.2 Å². The summed E-state index contributed by atoms with van der Waals surface area (Å²) < 4.78 is 0. The van der Waals surface area contributed by atoms with Gasteiger partial charge in [0, 0.05) is 5.56 Å². The molecule has 2 N–H and O–H groups in total. The summed E-state index contributed by atoms with van der Waals surface area (Å²) in [6.07, 6.45) is 3.98. The first-order valence-electron chi connectivity index (χ1n) is 3.54. The zero-order valence-electron chi connectivity index (χ0n) is 6.57. The van der Waals surface area contributed by atoms with Gasteiger partial charge in [-0.05, 0) is 17.7 Å². The fourth-order valence-corrected chi connectivity index (χ4v) is 1.02.